The Bertz CT molecular complexity index is 378. The molecule has 0 aromatic heterocycles. The third-order valence-electron chi connectivity index (χ3n) is 4.53. The minimum absolute atomic E-state index is 0.404. The number of allylic oxidation sites excluding steroid dienone is 4. The van der Waals surface area contributed by atoms with Gasteiger partial charge in [0.1, 0.15) is 8.07 Å². The van der Waals surface area contributed by atoms with Crippen molar-refractivity contribution in [1.82, 2.24) is 0 Å². The van der Waals surface area contributed by atoms with Gasteiger partial charge >= 0.3 is 0 Å². The summed E-state index contributed by atoms with van der Waals surface area (Å²) in [6.07, 6.45) is 3.83. The van der Waals surface area contributed by atoms with E-state index in [2.05, 4.69) is 53.8 Å². The fourth-order valence-corrected chi connectivity index (χ4v) is 7.80. The molecule has 0 nitrogen and oxygen atoms in total. The predicted octanol–water partition coefficient (Wildman–Crippen LogP) is 4.49. The highest BCUT2D eigenvalue weighted by atomic mass is 28.3. The van der Waals surface area contributed by atoms with Crippen LogP contribution >= 0.6 is 0 Å². The first-order valence-corrected chi connectivity index (χ1v) is 9.03. The number of hydrogen-bond acceptors (Lipinski definition) is 0. The molecule has 0 aromatic rings. The van der Waals surface area contributed by atoms with Crippen LogP contribution in [-0.2, 0) is 0 Å². The Morgan fingerprint density at radius 2 is 1.60 bits per heavy atom. The maximum absolute atomic E-state index is 2.52. The highest BCUT2D eigenvalue weighted by molar-refractivity contribution is 6.91. The van der Waals surface area contributed by atoms with Crippen molar-refractivity contribution in [3.05, 3.63) is 22.0 Å². The summed E-state index contributed by atoms with van der Waals surface area (Å²) in [5.74, 6) is 0. The van der Waals surface area contributed by atoms with Gasteiger partial charge in [-0.1, -0.05) is 57.3 Å². The molecule has 1 heterocycles. The second-order valence-electron chi connectivity index (χ2n) is 7.19. The molecule has 0 saturated heterocycles. The zero-order valence-corrected chi connectivity index (χ0v) is 12.3. The summed E-state index contributed by atoms with van der Waals surface area (Å²) in [5.41, 5.74) is 2.52. The SMILES string of the molecule is CC1=CC2=C(C(C)(C)CC2(C)C)[Si]1(C)C. The van der Waals surface area contributed by atoms with E-state index in [1.54, 1.807) is 10.8 Å². The molecule has 0 aromatic carbocycles. The monoisotopic (exact) mass is 220 g/mol. The van der Waals surface area contributed by atoms with Crippen LogP contribution in [-0.4, -0.2) is 8.07 Å². The highest BCUT2D eigenvalue weighted by Gasteiger charge is 2.52. The van der Waals surface area contributed by atoms with Crippen molar-refractivity contribution >= 4 is 8.07 Å². The van der Waals surface area contributed by atoms with Gasteiger partial charge in [0.25, 0.3) is 0 Å². The standard InChI is InChI=1S/C14H24Si/c1-10-8-11-12(15(10,6)7)14(4,5)9-13(11,2)3/h8H,9H2,1-7H3. The summed E-state index contributed by atoms with van der Waals surface area (Å²) in [4.78, 5) is 0. The van der Waals surface area contributed by atoms with Crippen molar-refractivity contribution < 1.29 is 0 Å². The molecule has 2 rings (SSSR count). The van der Waals surface area contributed by atoms with E-state index >= 15 is 0 Å². The Hall–Kier alpha value is -0.303. The lowest BCUT2D eigenvalue weighted by molar-refractivity contribution is 0.323. The molecule has 0 bridgehead atoms. The molecule has 15 heavy (non-hydrogen) atoms. The minimum Gasteiger partial charge on any atom is -0.0791 e. The Kier molecular flexibility index (Phi) is 2.00. The molecule has 1 aliphatic carbocycles. The second kappa shape index (κ2) is 2.68. The van der Waals surface area contributed by atoms with Gasteiger partial charge in [-0.25, -0.2) is 0 Å². The van der Waals surface area contributed by atoms with Gasteiger partial charge in [0.15, 0.2) is 0 Å². The van der Waals surface area contributed by atoms with Crippen LogP contribution in [0.1, 0.15) is 41.0 Å². The van der Waals surface area contributed by atoms with E-state index in [4.69, 9.17) is 0 Å². The summed E-state index contributed by atoms with van der Waals surface area (Å²) < 4.78 is 0. The van der Waals surface area contributed by atoms with Gasteiger partial charge in [0, 0.05) is 0 Å². The van der Waals surface area contributed by atoms with Gasteiger partial charge in [-0.2, -0.15) is 0 Å². The molecule has 0 N–H and O–H groups in total. The molecule has 84 valence electrons. The summed E-state index contributed by atoms with van der Waals surface area (Å²) in [6, 6.07) is 0. The minimum atomic E-state index is -1.26. The van der Waals surface area contributed by atoms with Crippen molar-refractivity contribution in [2.24, 2.45) is 10.8 Å². The molecule has 0 amide bonds. The molecule has 1 heteroatoms. The molecule has 2 aliphatic rings. The third kappa shape index (κ3) is 1.32. The smallest absolute Gasteiger partial charge is 0.0791 e. The molecular formula is C14H24Si. The van der Waals surface area contributed by atoms with E-state index in [9.17, 15) is 0 Å². The van der Waals surface area contributed by atoms with E-state index in [-0.39, 0.29) is 0 Å². The van der Waals surface area contributed by atoms with E-state index in [0.717, 1.165) is 0 Å². The molecular weight excluding hydrogens is 196 g/mol. The second-order valence-corrected chi connectivity index (χ2v) is 11.7. The van der Waals surface area contributed by atoms with Crippen molar-refractivity contribution in [2.75, 3.05) is 0 Å². The van der Waals surface area contributed by atoms with E-state index < -0.39 is 8.07 Å². The average molecular weight is 220 g/mol. The summed E-state index contributed by atoms with van der Waals surface area (Å²) in [6.45, 7) is 17.1. The van der Waals surface area contributed by atoms with Crippen molar-refractivity contribution in [3.63, 3.8) is 0 Å². The van der Waals surface area contributed by atoms with Crippen LogP contribution in [0.15, 0.2) is 22.0 Å². The first-order chi connectivity index (χ1) is 6.59. The fraction of sp³-hybridized carbons (Fsp3) is 0.714. The van der Waals surface area contributed by atoms with E-state index in [0.29, 0.717) is 10.8 Å². The van der Waals surface area contributed by atoms with E-state index in [1.807, 2.05) is 5.20 Å². The molecule has 0 atom stereocenters. The lowest BCUT2D eigenvalue weighted by Gasteiger charge is -2.34. The molecule has 0 radical (unpaired) electrons. The van der Waals surface area contributed by atoms with Crippen LogP contribution in [0.3, 0.4) is 0 Å². The Balaban J connectivity index is 2.63. The van der Waals surface area contributed by atoms with Gasteiger partial charge in [-0.3, -0.25) is 0 Å². The van der Waals surface area contributed by atoms with Crippen molar-refractivity contribution in [3.8, 4) is 0 Å². The predicted molar refractivity (Wildman–Crippen MR) is 70.4 cm³/mol. The molecule has 1 aliphatic heterocycles. The summed E-state index contributed by atoms with van der Waals surface area (Å²) >= 11 is 0. The number of rotatable bonds is 0. The van der Waals surface area contributed by atoms with Gasteiger partial charge in [0.05, 0.1) is 0 Å². The van der Waals surface area contributed by atoms with Crippen LogP contribution in [0.25, 0.3) is 0 Å². The Morgan fingerprint density at radius 1 is 1.07 bits per heavy atom. The average Bonchev–Trinajstić information content (AvgIpc) is 2.30. The molecule has 0 spiro atoms. The third-order valence-corrected chi connectivity index (χ3v) is 8.84. The zero-order valence-electron chi connectivity index (χ0n) is 11.3. The van der Waals surface area contributed by atoms with E-state index in [1.165, 1.54) is 6.42 Å². The van der Waals surface area contributed by atoms with Crippen molar-refractivity contribution in [1.29, 1.82) is 0 Å². The largest absolute Gasteiger partial charge is 0.103 e. The van der Waals surface area contributed by atoms with Gasteiger partial charge in [-0.15, -0.1) is 0 Å². The number of hydrogen-bond donors (Lipinski definition) is 0. The Labute approximate surface area is 95.5 Å². The van der Waals surface area contributed by atoms with Gasteiger partial charge in [-0.05, 0) is 29.7 Å². The van der Waals surface area contributed by atoms with Crippen LogP contribution in [0.2, 0.25) is 13.1 Å². The Morgan fingerprint density at radius 3 is 2.07 bits per heavy atom. The van der Waals surface area contributed by atoms with Crippen LogP contribution in [0.4, 0.5) is 0 Å². The van der Waals surface area contributed by atoms with Crippen LogP contribution in [0.5, 0.6) is 0 Å². The fourth-order valence-electron chi connectivity index (χ4n) is 4.04. The first kappa shape index (κ1) is 11.2. The van der Waals surface area contributed by atoms with Crippen LogP contribution in [0, 0.1) is 10.8 Å². The summed E-state index contributed by atoms with van der Waals surface area (Å²) in [7, 11) is -1.26. The van der Waals surface area contributed by atoms with Gasteiger partial charge in [0.2, 0.25) is 0 Å². The topological polar surface area (TPSA) is 0 Å². The van der Waals surface area contributed by atoms with Gasteiger partial charge < -0.3 is 0 Å². The summed E-state index contributed by atoms with van der Waals surface area (Å²) in [5, 5.41) is 3.51. The van der Waals surface area contributed by atoms with Crippen molar-refractivity contribution in [2.45, 2.75) is 54.1 Å². The maximum Gasteiger partial charge on any atom is 0.103 e. The lowest BCUT2D eigenvalue weighted by Crippen LogP contribution is -2.35. The lowest BCUT2D eigenvalue weighted by atomic mass is 9.80. The highest BCUT2D eigenvalue weighted by Crippen LogP contribution is 2.59. The maximum atomic E-state index is 2.52. The molecule has 0 fully saturated rings. The molecule has 0 saturated carbocycles. The van der Waals surface area contributed by atoms with Crippen LogP contribution < -0.4 is 0 Å². The normalized spacial score (nSPS) is 30.5. The zero-order chi connectivity index (χ0) is 11.6. The first-order valence-electron chi connectivity index (χ1n) is 6.03. The quantitative estimate of drug-likeness (QED) is 0.528. The molecule has 0 unspecified atom stereocenters.